The summed E-state index contributed by atoms with van der Waals surface area (Å²) in [6, 6.07) is 4.22. The van der Waals surface area contributed by atoms with E-state index in [9.17, 15) is 24.8 Å². The molecule has 7 nitrogen and oxygen atoms in total. The summed E-state index contributed by atoms with van der Waals surface area (Å²) in [6.45, 7) is 1.73. The Hall–Kier alpha value is -2.44. The SMILES string of the molecule is Cc1ccc([N+](=O)[O-])cc1NC(=O)[C@H]1CCCC[C@H]1C(=O)O. The number of benzene rings is 1. The van der Waals surface area contributed by atoms with Crippen LogP contribution in [0.25, 0.3) is 0 Å². The van der Waals surface area contributed by atoms with Crippen molar-refractivity contribution in [2.75, 3.05) is 5.32 Å². The van der Waals surface area contributed by atoms with E-state index in [2.05, 4.69) is 5.32 Å². The summed E-state index contributed by atoms with van der Waals surface area (Å²) in [5, 5.41) is 22.7. The fourth-order valence-electron chi connectivity index (χ4n) is 2.82. The Morgan fingerprint density at radius 2 is 1.91 bits per heavy atom. The molecule has 0 heterocycles. The fourth-order valence-corrected chi connectivity index (χ4v) is 2.82. The van der Waals surface area contributed by atoms with Crippen LogP contribution in [-0.2, 0) is 9.59 Å². The molecule has 2 rings (SSSR count). The number of carboxylic acids is 1. The lowest BCUT2D eigenvalue weighted by molar-refractivity contribution is -0.384. The maximum atomic E-state index is 12.4. The molecule has 0 aromatic heterocycles. The van der Waals surface area contributed by atoms with E-state index >= 15 is 0 Å². The Morgan fingerprint density at radius 1 is 1.27 bits per heavy atom. The highest BCUT2D eigenvalue weighted by Gasteiger charge is 2.35. The third-order valence-corrected chi connectivity index (χ3v) is 4.11. The van der Waals surface area contributed by atoms with Gasteiger partial charge in [-0.25, -0.2) is 0 Å². The summed E-state index contributed by atoms with van der Waals surface area (Å²) < 4.78 is 0. The quantitative estimate of drug-likeness (QED) is 0.656. The van der Waals surface area contributed by atoms with E-state index in [4.69, 9.17) is 0 Å². The van der Waals surface area contributed by atoms with Crippen LogP contribution in [-0.4, -0.2) is 21.9 Å². The lowest BCUT2D eigenvalue weighted by atomic mass is 9.78. The molecule has 2 N–H and O–H groups in total. The molecule has 1 saturated carbocycles. The number of hydrogen-bond acceptors (Lipinski definition) is 4. The highest BCUT2D eigenvalue weighted by atomic mass is 16.6. The molecule has 118 valence electrons. The first kappa shape index (κ1) is 15.9. The number of aryl methyl sites for hydroxylation is 1. The zero-order valence-electron chi connectivity index (χ0n) is 12.2. The van der Waals surface area contributed by atoms with Crippen molar-refractivity contribution in [3.05, 3.63) is 33.9 Å². The van der Waals surface area contributed by atoms with Gasteiger partial charge in [-0.05, 0) is 25.3 Å². The topological polar surface area (TPSA) is 110 Å². The first-order valence-corrected chi connectivity index (χ1v) is 7.19. The highest BCUT2D eigenvalue weighted by molar-refractivity contribution is 5.96. The molecule has 2 atom stereocenters. The number of rotatable bonds is 4. The highest BCUT2D eigenvalue weighted by Crippen LogP contribution is 2.32. The number of anilines is 1. The maximum absolute atomic E-state index is 12.4. The summed E-state index contributed by atoms with van der Waals surface area (Å²) >= 11 is 0. The van der Waals surface area contributed by atoms with Gasteiger partial charge in [-0.2, -0.15) is 0 Å². The molecule has 0 unspecified atom stereocenters. The monoisotopic (exact) mass is 306 g/mol. The molecule has 7 heteroatoms. The first-order valence-electron chi connectivity index (χ1n) is 7.19. The van der Waals surface area contributed by atoms with Crippen molar-refractivity contribution in [3.8, 4) is 0 Å². The van der Waals surface area contributed by atoms with Crippen molar-refractivity contribution >= 4 is 23.3 Å². The minimum absolute atomic E-state index is 0.112. The normalized spacial score (nSPS) is 21.1. The van der Waals surface area contributed by atoms with Gasteiger partial charge in [-0.3, -0.25) is 19.7 Å². The average molecular weight is 306 g/mol. The van der Waals surface area contributed by atoms with Gasteiger partial charge in [0, 0.05) is 12.1 Å². The van der Waals surface area contributed by atoms with E-state index in [-0.39, 0.29) is 11.6 Å². The second-order valence-corrected chi connectivity index (χ2v) is 5.58. The van der Waals surface area contributed by atoms with Crippen LogP contribution in [0.1, 0.15) is 31.2 Å². The predicted molar refractivity (Wildman–Crippen MR) is 79.5 cm³/mol. The van der Waals surface area contributed by atoms with E-state index in [0.717, 1.165) is 12.8 Å². The standard InChI is InChI=1S/C15H18N2O5/c1-9-6-7-10(17(21)22)8-13(9)16-14(18)11-4-2-3-5-12(11)15(19)20/h6-8,11-12H,2-5H2,1H3,(H,16,18)(H,19,20)/t11-,12+/m0/s1. The van der Waals surface area contributed by atoms with E-state index in [1.165, 1.54) is 12.1 Å². The summed E-state index contributed by atoms with van der Waals surface area (Å²) in [6.07, 6.45) is 2.63. The Balaban J connectivity index is 2.19. The van der Waals surface area contributed by atoms with Gasteiger partial charge in [-0.1, -0.05) is 18.9 Å². The number of nitro benzene ring substituents is 1. The van der Waals surface area contributed by atoms with Crippen LogP contribution in [0.3, 0.4) is 0 Å². The molecule has 1 aliphatic carbocycles. The molecule has 0 bridgehead atoms. The number of nitrogens with zero attached hydrogens (tertiary/aromatic N) is 1. The van der Waals surface area contributed by atoms with Gasteiger partial charge in [0.15, 0.2) is 0 Å². The molecule has 1 amide bonds. The largest absolute Gasteiger partial charge is 0.481 e. The van der Waals surface area contributed by atoms with Gasteiger partial charge in [0.05, 0.1) is 22.4 Å². The van der Waals surface area contributed by atoms with Crippen molar-refractivity contribution in [3.63, 3.8) is 0 Å². The molecule has 1 fully saturated rings. The van der Waals surface area contributed by atoms with Gasteiger partial charge in [0.1, 0.15) is 0 Å². The third kappa shape index (κ3) is 3.41. The molecule has 1 aromatic carbocycles. The maximum Gasteiger partial charge on any atom is 0.307 e. The number of aliphatic carboxylic acids is 1. The molecule has 0 aliphatic heterocycles. The number of nitrogens with one attached hydrogen (secondary N) is 1. The molecule has 0 spiro atoms. The van der Waals surface area contributed by atoms with Crippen molar-refractivity contribution in [1.82, 2.24) is 0 Å². The van der Waals surface area contributed by atoms with Gasteiger partial charge in [0.25, 0.3) is 5.69 Å². The first-order chi connectivity index (χ1) is 10.4. The summed E-state index contributed by atoms with van der Waals surface area (Å²) in [5.74, 6) is -2.62. The van der Waals surface area contributed by atoms with Crippen LogP contribution in [0.5, 0.6) is 0 Å². The Morgan fingerprint density at radius 3 is 2.50 bits per heavy atom. The zero-order valence-corrected chi connectivity index (χ0v) is 12.2. The third-order valence-electron chi connectivity index (χ3n) is 4.11. The van der Waals surface area contributed by atoms with Gasteiger partial charge in [0.2, 0.25) is 5.91 Å². The predicted octanol–water partition coefficient (Wildman–Crippen LogP) is 2.73. The van der Waals surface area contributed by atoms with Crippen molar-refractivity contribution < 1.29 is 19.6 Å². The Labute approximate surface area is 127 Å². The number of carbonyl (C=O) groups excluding carboxylic acids is 1. The number of carboxylic acid groups (broad SMARTS) is 1. The number of nitro groups is 1. The van der Waals surface area contributed by atoms with Gasteiger partial charge >= 0.3 is 5.97 Å². The molecule has 1 aromatic rings. The van der Waals surface area contributed by atoms with Gasteiger partial charge in [-0.15, -0.1) is 0 Å². The second kappa shape index (κ2) is 6.55. The smallest absolute Gasteiger partial charge is 0.307 e. The zero-order chi connectivity index (χ0) is 16.3. The van der Waals surface area contributed by atoms with E-state index < -0.39 is 22.7 Å². The Kier molecular flexibility index (Phi) is 4.75. The molecular formula is C15H18N2O5. The van der Waals surface area contributed by atoms with Crippen molar-refractivity contribution in [2.45, 2.75) is 32.6 Å². The average Bonchev–Trinajstić information content (AvgIpc) is 2.49. The number of amides is 1. The van der Waals surface area contributed by atoms with Crippen LogP contribution in [0.4, 0.5) is 11.4 Å². The van der Waals surface area contributed by atoms with Crippen LogP contribution in [0.15, 0.2) is 18.2 Å². The van der Waals surface area contributed by atoms with Gasteiger partial charge < -0.3 is 10.4 Å². The number of hydrogen-bond donors (Lipinski definition) is 2. The fraction of sp³-hybridized carbons (Fsp3) is 0.467. The Bertz CT molecular complexity index is 614. The lowest BCUT2D eigenvalue weighted by Crippen LogP contribution is -2.36. The number of carbonyl (C=O) groups is 2. The van der Waals surface area contributed by atoms with Crippen LogP contribution >= 0.6 is 0 Å². The molecule has 1 aliphatic rings. The number of non-ortho nitro benzene ring substituents is 1. The molecule has 0 radical (unpaired) electrons. The van der Waals surface area contributed by atoms with Crippen molar-refractivity contribution in [2.24, 2.45) is 11.8 Å². The van der Waals surface area contributed by atoms with Crippen LogP contribution in [0, 0.1) is 28.9 Å². The molecule has 22 heavy (non-hydrogen) atoms. The van der Waals surface area contributed by atoms with Crippen LogP contribution in [0.2, 0.25) is 0 Å². The van der Waals surface area contributed by atoms with Crippen molar-refractivity contribution in [1.29, 1.82) is 0 Å². The summed E-state index contributed by atoms with van der Waals surface area (Å²) in [5.41, 5.74) is 0.940. The second-order valence-electron chi connectivity index (χ2n) is 5.58. The van der Waals surface area contributed by atoms with Crippen LogP contribution < -0.4 is 5.32 Å². The molecule has 0 saturated heterocycles. The molecular weight excluding hydrogens is 288 g/mol. The van der Waals surface area contributed by atoms with E-state index in [0.29, 0.717) is 24.1 Å². The summed E-state index contributed by atoms with van der Waals surface area (Å²) in [7, 11) is 0. The minimum Gasteiger partial charge on any atom is -0.481 e. The minimum atomic E-state index is -0.962. The van der Waals surface area contributed by atoms with E-state index in [1.807, 2.05) is 0 Å². The lowest BCUT2D eigenvalue weighted by Gasteiger charge is -2.27. The summed E-state index contributed by atoms with van der Waals surface area (Å²) in [4.78, 5) is 33.9. The van der Waals surface area contributed by atoms with E-state index in [1.54, 1.807) is 13.0 Å².